The number of rotatable bonds is 2. The summed E-state index contributed by atoms with van der Waals surface area (Å²) >= 11 is 1.79. The molecule has 50 heavy (non-hydrogen) atoms. The Bertz CT molecular complexity index is 3240. The van der Waals surface area contributed by atoms with Crippen LogP contribution in [0.5, 0.6) is 0 Å². The Kier molecular flexibility index (Phi) is 5.11. The Hall–Kier alpha value is -6.37. The smallest absolute Gasteiger partial charge is 0.235 e. The molecule has 0 atom stereocenters. The molecule has 0 fully saturated rings. The molecule has 232 valence electrons. The van der Waals surface area contributed by atoms with Gasteiger partial charge in [-0.05, 0) is 54.6 Å². The Balaban J connectivity index is 1.33. The summed E-state index contributed by atoms with van der Waals surface area (Å²) in [6.45, 7) is 0. The molecule has 0 bridgehead atoms. The molecule has 0 saturated heterocycles. The second-order valence-corrected chi connectivity index (χ2v) is 14.0. The molecule has 0 N–H and O–H groups in total. The Labute approximate surface area is 289 Å². The van der Waals surface area contributed by atoms with Crippen molar-refractivity contribution in [3.05, 3.63) is 146 Å². The van der Waals surface area contributed by atoms with Gasteiger partial charge < -0.3 is 8.98 Å². The summed E-state index contributed by atoms with van der Waals surface area (Å²) in [7, 11) is 0. The van der Waals surface area contributed by atoms with Crippen LogP contribution in [0.1, 0.15) is 0 Å². The first-order valence-electron chi connectivity index (χ1n) is 16.8. The van der Waals surface area contributed by atoms with Crippen LogP contribution in [0.15, 0.2) is 160 Å². The van der Waals surface area contributed by atoms with Gasteiger partial charge >= 0.3 is 0 Å². The van der Waals surface area contributed by atoms with E-state index in [0.717, 1.165) is 82.6 Å². The fourth-order valence-corrected chi connectivity index (χ4v) is 9.36. The van der Waals surface area contributed by atoms with Crippen LogP contribution in [0.4, 0.5) is 0 Å². The summed E-state index contributed by atoms with van der Waals surface area (Å²) in [5, 5.41) is 7.83. The first-order valence-corrected chi connectivity index (χ1v) is 17.6. The highest BCUT2D eigenvalue weighted by Crippen LogP contribution is 2.48. The molecule has 0 aliphatic carbocycles. The molecule has 0 radical (unpaired) electrons. The summed E-state index contributed by atoms with van der Waals surface area (Å²) < 4.78 is 11.4. The third kappa shape index (κ3) is 3.38. The molecule has 0 amide bonds. The highest BCUT2D eigenvalue weighted by atomic mass is 32.2. The van der Waals surface area contributed by atoms with E-state index in [4.69, 9.17) is 14.4 Å². The summed E-state index contributed by atoms with van der Waals surface area (Å²) in [6, 6.07) is 51.5. The fraction of sp³-hybridized carbons (Fsp3) is 0. The maximum absolute atomic E-state index is 6.73. The minimum absolute atomic E-state index is 0.638. The molecule has 0 saturated carbocycles. The van der Waals surface area contributed by atoms with Crippen molar-refractivity contribution in [2.75, 3.05) is 0 Å². The van der Waals surface area contributed by atoms with Gasteiger partial charge in [-0.15, -0.1) is 0 Å². The van der Waals surface area contributed by atoms with Gasteiger partial charge in [0.15, 0.2) is 0 Å². The number of hydrogen-bond donors (Lipinski definition) is 0. The van der Waals surface area contributed by atoms with Crippen molar-refractivity contribution in [2.24, 2.45) is 0 Å². The van der Waals surface area contributed by atoms with Crippen LogP contribution in [0.3, 0.4) is 0 Å². The fourth-order valence-electron chi connectivity index (χ4n) is 8.26. The van der Waals surface area contributed by atoms with Gasteiger partial charge in [0.25, 0.3) is 0 Å². The number of benzene rings is 7. The zero-order chi connectivity index (χ0) is 32.5. The first-order chi connectivity index (χ1) is 24.8. The van der Waals surface area contributed by atoms with E-state index in [1.54, 1.807) is 11.8 Å². The average molecular weight is 657 g/mol. The second kappa shape index (κ2) is 9.62. The van der Waals surface area contributed by atoms with Gasteiger partial charge in [-0.3, -0.25) is 4.57 Å². The summed E-state index contributed by atoms with van der Waals surface area (Å²) in [4.78, 5) is 13.3. The number of hydrogen-bond acceptors (Lipinski definition) is 4. The molecule has 6 heteroatoms. The van der Waals surface area contributed by atoms with Crippen molar-refractivity contribution in [3.63, 3.8) is 0 Å². The quantitative estimate of drug-likeness (QED) is 0.186. The van der Waals surface area contributed by atoms with Crippen molar-refractivity contribution in [1.29, 1.82) is 0 Å². The molecule has 0 unspecified atom stereocenters. The van der Waals surface area contributed by atoms with Gasteiger partial charge in [-0.2, -0.15) is 0 Å². The van der Waals surface area contributed by atoms with E-state index in [2.05, 4.69) is 149 Å². The highest BCUT2D eigenvalue weighted by Gasteiger charge is 2.27. The Morgan fingerprint density at radius 1 is 0.480 bits per heavy atom. The molecular formula is C44H24N4OS. The molecule has 0 spiro atoms. The maximum Gasteiger partial charge on any atom is 0.235 e. The van der Waals surface area contributed by atoms with E-state index in [0.29, 0.717) is 5.95 Å². The van der Waals surface area contributed by atoms with Gasteiger partial charge in [-0.1, -0.05) is 103 Å². The van der Waals surface area contributed by atoms with E-state index in [1.807, 2.05) is 6.07 Å². The standard InChI is InChI=1S/C44H24N4OS/c1-2-11-25(12-3-1)47-33-17-7-4-13-26(33)28-21-22-31-38-34(24-23-29-27-14-5-8-18-35(27)49-43(29)38)48(42(31)41(28)47)44-45-32-16-10-20-37-39(32)40(46-44)30-15-6-9-19-36(30)50-37/h1-24H. The van der Waals surface area contributed by atoms with Crippen LogP contribution < -0.4 is 0 Å². The molecule has 11 aromatic rings. The molecule has 5 nitrogen and oxygen atoms in total. The third-order valence-corrected chi connectivity index (χ3v) is 11.5. The topological polar surface area (TPSA) is 48.8 Å². The van der Waals surface area contributed by atoms with E-state index in [1.165, 1.54) is 20.6 Å². The molecule has 5 heterocycles. The Morgan fingerprint density at radius 2 is 1.22 bits per heavy atom. The number of nitrogens with zero attached hydrogens (tertiary/aromatic N) is 4. The number of para-hydroxylation sites is 3. The number of aromatic nitrogens is 4. The largest absolute Gasteiger partial charge is 0.455 e. The van der Waals surface area contributed by atoms with Gasteiger partial charge in [-0.25, -0.2) is 9.97 Å². The molecular weight excluding hydrogens is 633 g/mol. The number of furan rings is 1. The predicted octanol–water partition coefficient (Wildman–Crippen LogP) is 11.9. The SMILES string of the molecule is c1ccc(-n2c3ccccc3c3ccc4c5c6oc7ccccc7c6ccc5n(-c5nc6c7c(cccc7n5)Sc5ccccc5-6)c4c32)cc1. The lowest BCUT2D eigenvalue weighted by Crippen LogP contribution is -2.06. The second-order valence-electron chi connectivity index (χ2n) is 12.9. The van der Waals surface area contributed by atoms with Crippen LogP contribution in [0, 0.1) is 0 Å². The van der Waals surface area contributed by atoms with Crippen LogP contribution in [-0.4, -0.2) is 19.1 Å². The molecule has 1 aliphatic rings. The van der Waals surface area contributed by atoms with Crippen LogP contribution in [0.2, 0.25) is 0 Å². The summed E-state index contributed by atoms with van der Waals surface area (Å²) in [5.74, 6) is 0.638. The van der Waals surface area contributed by atoms with Crippen LogP contribution in [-0.2, 0) is 0 Å². The highest BCUT2D eigenvalue weighted by molar-refractivity contribution is 7.99. The van der Waals surface area contributed by atoms with Crippen molar-refractivity contribution in [3.8, 4) is 22.9 Å². The van der Waals surface area contributed by atoms with Gasteiger partial charge in [0.1, 0.15) is 11.2 Å². The maximum atomic E-state index is 6.73. The number of fused-ring (bicyclic) bond motifs is 13. The van der Waals surface area contributed by atoms with E-state index in [9.17, 15) is 0 Å². The summed E-state index contributed by atoms with van der Waals surface area (Å²) in [6.07, 6.45) is 0. The van der Waals surface area contributed by atoms with Gasteiger partial charge in [0, 0.05) is 53.4 Å². The zero-order valence-electron chi connectivity index (χ0n) is 26.5. The van der Waals surface area contributed by atoms with Crippen LogP contribution >= 0.6 is 11.8 Å². The normalized spacial score (nSPS) is 12.7. The summed E-state index contributed by atoms with van der Waals surface area (Å²) in [5.41, 5.74) is 10.2. The average Bonchev–Trinajstić information content (AvgIpc) is 3.83. The minimum atomic E-state index is 0.638. The van der Waals surface area contributed by atoms with Crippen molar-refractivity contribution in [1.82, 2.24) is 19.1 Å². The lowest BCUT2D eigenvalue weighted by atomic mass is 10.1. The van der Waals surface area contributed by atoms with Crippen molar-refractivity contribution < 1.29 is 4.42 Å². The first kappa shape index (κ1) is 26.6. The lowest BCUT2D eigenvalue weighted by Gasteiger charge is -2.20. The van der Waals surface area contributed by atoms with Crippen molar-refractivity contribution in [2.45, 2.75) is 9.79 Å². The monoisotopic (exact) mass is 656 g/mol. The van der Waals surface area contributed by atoms with Crippen LogP contribution in [0.25, 0.3) is 99.3 Å². The van der Waals surface area contributed by atoms with Crippen molar-refractivity contribution >= 4 is 88.2 Å². The lowest BCUT2D eigenvalue weighted by molar-refractivity contribution is 0.673. The molecule has 7 aromatic carbocycles. The predicted molar refractivity (Wildman–Crippen MR) is 205 cm³/mol. The molecule has 4 aromatic heterocycles. The van der Waals surface area contributed by atoms with E-state index in [-0.39, 0.29) is 0 Å². The molecule has 1 aliphatic heterocycles. The Morgan fingerprint density at radius 3 is 2.16 bits per heavy atom. The zero-order valence-corrected chi connectivity index (χ0v) is 27.3. The molecule has 12 rings (SSSR count). The third-order valence-electron chi connectivity index (χ3n) is 10.3. The minimum Gasteiger partial charge on any atom is -0.455 e. The van der Waals surface area contributed by atoms with E-state index >= 15 is 0 Å². The van der Waals surface area contributed by atoms with Gasteiger partial charge in [0.2, 0.25) is 5.95 Å². The van der Waals surface area contributed by atoms with Gasteiger partial charge in [0.05, 0.1) is 38.7 Å². The van der Waals surface area contributed by atoms with E-state index < -0.39 is 0 Å².